The van der Waals surface area contributed by atoms with E-state index in [0.29, 0.717) is 12.8 Å². The van der Waals surface area contributed by atoms with Gasteiger partial charge in [0.2, 0.25) is 5.91 Å². The van der Waals surface area contributed by atoms with E-state index in [0.717, 1.165) is 83.5 Å². The van der Waals surface area contributed by atoms with Gasteiger partial charge in [0.05, 0.1) is 0 Å². The average molecular weight is 744 g/mol. The van der Waals surface area contributed by atoms with Crippen molar-refractivity contribution in [1.82, 2.24) is 5.32 Å². The molecular formula is C47H85NO5. The molecule has 0 aromatic carbocycles. The van der Waals surface area contributed by atoms with E-state index in [1.807, 2.05) is 0 Å². The fraction of sp³-hybridized carbons (Fsp3) is 0.809. The van der Waals surface area contributed by atoms with Gasteiger partial charge in [0.1, 0.15) is 12.6 Å². The second-order valence-electron chi connectivity index (χ2n) is 15.3. The minimum absolute atomic E-state index is 0.0215. The number of amides is 1. The summed E-state index contributed by atoms with van der Waals surface area (Å²) in [5, 5.41) is 11.1. The summed E-state index contributed by atoms with van der Waals surface area (Å²) in [7, 11) is 0. The number of carbonyl (C=O) groups excluding carboxylic acids is 2. The molecule has 0 fully saturated rings. The summed E-state index contributed by atoms with van der Waals surface area (Å²) in [6, 6.07) is 0. The van der Waals surface area contributed by atoms with Crippen LogP contribution in [-0.4, -0.2) is 35.6 Å². The summed E-state index contributed by atoms with van der Waals surface area (Å²) >= 11 is 0. The fourth-order valence-corrected chi connectivity index (χ4v) is 6.77. The third-order valence-corrected chi connectivity index (χ3v) is 10.1. The molecule has 0 aromatic heterocycles. The van der Waals surface area contributed by atoms with Gasteiger partial charge in [-0.2, -0.15) is 0 Å². The van der Waals surface area contributed by atoms with E-state index in [1.54, 1.807) is 0 Å². The van der Waals surface area contributed by atoms with Crippen LogP contribution >= 0.6 is 0 Å². The van der Waals surface area contributed by atoms with Crippen LogP contribution in [-0.2, 0) is 19.1 Å². The van der Waals surface area contributed by atoms with Crippen molar-refractivity contribution in [2.75, 3.05) is 6.54 Å². The summed E-state index contributed by atoms with van der Waals surface area (Å²) in [6.45, 7) is 4.13. The number of hydrogen-bond acceptors (Lipinski definition) is 4. The van der Waals surface area contributed by atoms with Crippen molar-refractivity contribution in [2.24, 2.45) is 0 Å². The maximum absolute atomic E-state index is 12.8. The van der Waals surface area contributed by atoms with Crippen LogP contribution in [0.2, 0.25) is 0 Å². The first-order valence-corrected chi connectivity index (χ1v) is 22.6. The minimum atomic E-state index is -1.02. The molecule has 1 unspecified atom stereocenters. The number of ether oxygens (including phenoxy) is 1. The molecule has 0 radical (unpaired) electrons. The van der Waals surface area contributed by atoms with Gasteiger partial charge in [0, 0.05) is 12.8 Å². The summed E-state index contributed by atoms with van der Waals surface area (Å²) in [5.74, 6) is -1.23. The van der Waals surface area contributed by atoms with Gasteiger partial charge in [-0.3, -0.25) is 14.4 Å². The molecule has 0 rings (SSSR count). The number of aliphatic carboxylic acids is 1. The standard InChI is InChI=1S/C47H85NO5/c1-3-5-7-9-11-13-15-17-19-20-21-23-25-27-29-34-38-42-47(52)53-44(40-36-32-30-33-37-41-45(49)48-43-46(50)51)39-35-31-28-26-24-22-18-16-14-12-10-8-6-4-2/h5,7,11,13,17,19,44H,3-4,6,8-10,12,14-16,18,20-43H2,1-2H3,(H,48,49)(H,50,51)/b7-5-,13-11-,19-17-. The van der Waals surface area contributed by atoms with Crippen LogP contribution in [0.1, 0.15) is 232 Å². The Bertz CT molecular complexity index is 911. The third kappa shape index (κ3) is 42.2. The van der Waals surface area contributed by atoms with Crippen molar-refractivity contribution >= 4 is 17.8 Å². The highest BCUT2D eigenvalue weighted by Gasteiger charge is 2.14. The summed E-state index contributed by atoms with van der Waals surface area (Å²) in [6.07, 6.45) is 52.7. The number of carboxylic acids is 1. The van der Waals surface area contributed by atoms with Gasteiger partial charge in [-0.1, -0.05) is 185 Å². The molecule has 0 aliphatic heterocycles. The molecule has 308 valence electrons. The van der Waals surface area contributed by atoms with Crippen LogP contribution in [0.5, 0.6) is 0 Å². The number of allylic oxidation sites excluding steroid dienone is 6. The Balaban J connectivity index is 4.16. The SMILES string of the molecule is CC/C=C\C/C=C\C/C=C\CCCCCCCCCC(=O)OC(CCCCCCCCCCCCCCCC)CCCCCCCC(=O)NCC(=O)O. The van der Waals surface area contributed by atoms with Crippen LogP contribution in [0.25, 0.3) is 0 Å². The van der Waals surface area contributed by atoms with E-state index in [9.17, 15) is 14.4 Å². The zero-order valence-corrected chi connectivity index (χ0v) is 34.9. The molecule has 1 atom stereocenters. The lowest BCUT2D eigenvalue weighted by Crippen LogP contribution is -2.28. The molecular weight excluding hydrogens is 659 g/mol. The number of rotatable bonds is 41. The van der Waals surface area contributed by atoms with Crippen LogP contribution in [0.15, 0.2) is 36.5 Å². The Morgan fingerprint density at radius 1 is 0.509 bits per heavy atom. The van der Waals surface area contributed by atoms with Gasteiger partial charge < -0.3 is 15.2 Å². The molecule has 0 aliphatic carbocycles. The highest BCUT2D eigenvalue weighted by atomic mass is 16.5. The van der Waals surface area contributed by atoms with Crippen molar-refractivity contribution in [3.8, 4) is 0 Å². The summed E-state index contributed by atoms with van der Waals surface area (Å²) in [5.41, 5.74) is 0. The number of carboxylic acid groups (broad SMARTS) is 1. The lowest BCUT2D eigenvalue weighted by atomic mass is 10.0. The van der Waals surface area contributed by atoms with Crippen LogP contribution < -0.4 is 5.32 Å². The average Bonchev–Trinajstić information content (AvgIpc) is 3.14. The van der Waals surface area contributed by atoms with Gasteiger partial charge in [-0.15, -0.1) is 0 Å². The van der Waals surface area contributed by atoms with E-state index in [1.165, 1.54) is 122 Å². The summed E-state index contributed by atoms with van der Waals surface area (Å²) < 4.78 is 6.04. The molecule has 0 aromatic rings. The molecule has 6 heteroatoms. The Morgan fingerprint density at radius 3 is 1.42 bits per heavy atom. The van der Waals surface area contributed by atoms with Gasteiger partial charge in [-0.05, 0) is 70.6 Å². The quantitative estimate of drug-likeness (QED) is 0.0369. The molecule has 0 heterocycles. The minimum Gasteiger partial charge on any atom is -0.480 e. The fourth-order valence-electron chi connectivity index (χ4n) is 6.77. The Labute approximate surface area is 327 Å². The zero-order chi connectivity index (χ0) is 38.7. The molecule has 0 bridgehead atoms. The number of hydrogen-bond donors (Lipinski definition) is 2. The van der Waals surface area contributed by atoms with Gasteiger partial charge >= 0.3 is 11.9 Å². The van der Waals surface area contributed by atoms with E-state index >= 15 is 0 Å². The largest absolute Gasteiger partial charge is 0.480 e. The van der Waals surface area contributed by atoms with E-state index in [2.05, 4.69) is 55.6 Å². The number of nitrogens with one attached hydrogen (secondary N) is 1. The zero-order valence-electron chi connectivity index (χ0n) is 34.9. The highest BCUT2D eigenvalue weighted by molar-refractivity contribution is 5.80. The number of carbonyl (C=O) groups is 3. The molecule has 0 saturated heterocycles. The van der Waals surface area contributed by atoms with E-state index in [4.69, 9.17) is 9.84 Å². The van der Waals surface area contributed by atoms with Gasteiger partial charge in [0.15, 0.2) is 0 Å². The van der Waals surface area contributed by atoms with Crippen LogP contribution in [0.4, 0.5) is 0 Å². The first-order valence-electron chi connectivity index (χ1n) is 22.6. The maximum atomic E-state index is 12.8. The van der Waals surface area contributed by atoms with E-state index < -0.39 is 5.97 Å². The van der Waals surface area contributed by atoms with Crippen molar-refractivity contribution in [2.45, 2.75) is 238 Å². The molecule has 0 spiro atoms. The second kappa shape index (κ2) is 42.4. The molecule has 2 N–H and O–H groups in total. The van der Waals surface area contributed by atoms with Crippen molar-refractivity contribution in [3.63, 3.8) is 0 Å². The predicted octanol–water partition coefficient (Wildman–Crippen LogP) is 14.1. The smallest absolute Gasteiger partial charge is 0.322 e. The van der Waals surface area contributed by atoms with Crippen molar-refractivity contribution in [3.05, 3.63) is 36.5 Å². The molecule has 1 amide bonds. The normalized spacial score (nSPS) is 12.3. The monoisotopic (exact) mass is 744 g/mol. The first kappa shape index (κ1) is 50.6. The summed E-state index contributed by atoms with van der Waals surface area (Å²) in [4.78, 5) is 35.1. The lowest BCUT2D eigenvalue weighted by Gasteiger charge is -2.18. The topological polar surface area (TPSA) is 92.7 Å². The molecule has 6 nitrogen and oxygen atoms in total. The van der Waals surface area contributed by atoms with Gasteiger partial charge in [-0.25, -0.2) is 0 Å². The Kier molecular flexibility index (Phi) is 40.5. The highest BCUT2D eigenvalue weighted by Crippen LogP contribution is 2.19. The van der Waals surface area contributed by atoms with Crippen LogP contribution in [0, 0.1) is 0 Å². The number of esters is 1. The Morgan fingerprint density at radius 2 is 0.925 bits per heavy atom. The third-order valence-electron chi connectivity index (χ3n) is 10.1. The molecule has 0 saturated carbocycles. The lowest BCUT2D eigenvalue weighted by molar-refractivity contribution is -0.150. The predicted molar refractivity (Wildman–Crippen MR) is 226 cm³/mol. The van der Waals surface area contributed by atoms with Crippen molar-refractivity contribution < 1.29 is 24.2 Å². The van der Waals surface area contributed by atoms with Gasteiger partial charge in [0.25, 0.3) is 0 Å². The molecule has 0 aliphatic rings. The number of unbranched alkanes of at least 4 members (excludes halogenated alkanes) is 24. The molecule has 53 heavy (non-hydrogen) atoms. The second-order valence-corrected chi connectivity index (χ2v) is 15.3. The van der Waals surface area contributed by atoms with E-state index in [-0.39, 0.29) is 24.5 Å². The maximum Gasteiger partial charge on any atom is 0.322 e. The van der Waals surface area contributed by atoms with Crippen molar-refractivity contribution in [1.29, 1.82) is 0 Å². The van der Waals surface area contributed by atoms with Crippen LogP contribution in [0.3, 0.4) is 0 Å². The first-order chi connectivity index (χ1) is 26.0. The Hall–Kier alpha value is -2.37.